The highest BCUT2D eigenvalue weighted by Crippen LogP contribution is 2.28. The normalized spacial score (nSPS) is 21.2. The second kappa shape index (κ2) is 9.01. The van der Waals surface area contributed by atoms with Crippen molar-refractivity contribution in [2.45, 2.75) is 50.8 Å². The van der Waals surface area contributed by atoms with E-state index in [1.54, 1.807) is 24.4 Å². The Morgan fingerprint density at radius 3 is 2.47 bits per heavy atom. The predicted molar refractivity (Wildman–Crippen MR) is 115 cm³/mol. The maximum Gasteiger partial charge on any atom is 0.263 e. The second-order valence-corrected chi connectivity index (χ2v) is 9.99. The van der Waals surface area contributed by atoms with Gasteiger partial charge in [-0.15, -0.1) is 0 Å². The fourth-order valence-corrected chi connectivity index (χ4v) is 5.51. The Labute approximate surface area is 182 Å². The Balaban J connectivity index is 2.04. The van der Waals surface area contributed by atoms with Gasteiger partial charge in [0.05, 0.1) is 17.2 Å². The summed E-state index contributed by atoms with van der Waals surface area (Å²) >= 11 is 6.25. The van der Waals surface area contributed by atoms with Gasteiger partial charge in [0.15, 0.2) is 0 Å². The fourth-order valence-electron chi connectivity index (χ4n) is 3.41. The SMILES string of the molecule is CC(C)N=c1ccccn1C(=O)c1ccc(Cl)c(S(=O)(=O)N2CC(C)OC(C)C2)c1. The number of carbonyl (C=O) groups is 1. The van der Waals surface area contributed by atoms with Crippen molar-refractivity contribution in [2.75, 3.05) is 13.1 Å². The third-order valence-electron chi connectivity index (χ3n) is 4.63. The number of benzene rings is 1. The number of ether oxygens (including phenoxy) is 1. The minimum atomic E-state index is -3.89. The average molecular weight is 452 g/mol. The molecule has 1 saturated heterocycles. The molecule has 9 heteroatoms. The zero-order valence-corrected chi connectivity index (χ0v) is 19.0. The largest absolute Gasteiger partial charge is 0.373 e. The van der Waals surface area contributed by atoms with Gasteiger partial charge < -0.3 is 4.74 Å². The Morgan fingerprint density at radius 2 is 1.83 bits per heavy atom. The molecule has 0 aliphatic carbocycles. The van der Waals surface area contributed by atoms with Gasteiger partial charge in [0.1, 0.15) is 10.4 Å². The van der Waals surface area contributed by atoms with Gasteiger partial charge in [-0.25, -0.2) is 8.42 Å². The molecule has 30 heavy (non-hydrogen) atoms. The van der Waals surface area contributed by atoms with Gasteiger partial charge >= 0.3 is 0 Å². The molecule has 2 aromatic rings. The summed E-state index contributed by atoms with van der Waals surface area (Å²) in [6.07, 6.45) is 1.15. The number of hydrogen-bond acceptors (Lipinski definition) is 5. The predicted octanol–water partition coefficient (Wildman–Crippen LogP) is 2.94. The summed E-state index contributed by atoms with van der Waals surface area (Å²) < 4.78 is 34.9. The third-order valence-corrected chi connectivity index (χ3v) is 6.94. The van der Waals surface area contributed by atoms with E-state index in [1.807, 2.05) is 27.7 Å². The molecule has 1 fully saturated rings. The summed E-state index contributed by atoms with van der Waals surface area (Å²) in [4.78, 5) is 17.5. The van der Waals surface area contributed by atoms with Gasteiger partial charge in [0.2, 0.25) is 10.0 Å². The molecular weight excluding hydrogens is 426 g/mol. The summed E-state index contributed by atoms with van der Waals surface area (Å²) in [5.41, 5.74) is 0.705. The summed E-state index contributed by atoms with van der Waals surface area (Å²) in [7, 11) is -3.89. The monoisotopic (exact) mass is 451 g/mol. The van der Waals surface area contributed by atoms with Gasteiger partial charge in [-0.1, -0.05) is 17.7 Å². The minimum absolute atomic E-state index is 0.00194. The second-order valence-electron chi connectivity index (χ2n) is 7.68. The molecule has 1 aliphatic heterocycles. The summed E-state index contributed by atoms with van der Waals surface area (Å²) in [6, 6.07) is 9.56. The number of sulfonamides is 1. The molecule has 0 spiro atoms. The summed E-state index contributed by atoms with van der Waals surface area (Å²) in [5.74, 6) is -0.383. The minimum Gasteiger partial charge on any atom is -0.373 e. The Bertz CT molecular complexity index is 1100. The summed E-state index contributed by atoms with van der Waals surface area (Å²) in [6.45, 7) is 7.94. The van der Waals surface area contributed by atoms with Crippen molar-refractivity contribution in [3.8, 4) is 0 Å². The van der Waals surface area contributed by atoms with E-state index in [0.29, 0.717) is 5.49 Å². The van der Waals surface area contributed by atoms with Gasteiger partial charge in [-0.3, -0.25) is 14.4 Å². The summed E-state index contributed by atoms with van der Waals surface area (Å²) in [5, 5.41) is 0.0727. The van der Waals surface area contributed by atoms with Gasteiger partial charge in [0, 0.05) is 30.9 Å². The van der Waals surface area contributed by atoms with E-state index < -0.39 is 10.0 Å². The van der Waals surface area contributed by atoms with Gasteiger partial charge in [0.25, 0.3) is 5.91 Å². The zero-order valence-electron chi connectivity index (χ0n) is 17.4. The molecule has 0 radical (unpaired) electrons. The van der Waals surface area contributed by atoms with Crippen LogP contribution >= 0.6 is 11.6 Å². The standard InChI is InChI=1S/C21H26ClN3O4S/c1-14(2)23-20-7-5-6-10-25(20)21(26)17-8-9-18(22)19(11-17)30(27,28)24-12-15(3)29-16(4)13-24/h5-11,14-16H,12-13H2,1-4H3. The van der Waals surface area contributed by atoms with Crippen LogP contribution in [-0.4, -0.2) is 54.5 Å². The topological polar surface area (TPSA) is 81.0 Å². The van der Waals surface area contributed by atoms with Gasteiger partial charge in [-0.05, 0) is 58.0 Å². The van der Waals surface area contributed by atoms with Crippen LogP contribution < -0.4 is 5.49 Å². The van der Waals surface area contributed by atoms with Crippen LogP contribution in [0.5, 0.6) is 0 Å². The van der Waals surface area contributed by atoms with Crippen molar-refractivity contribution in [1.82, 2.24) is 8.87 Å². The number of aromatic nitrogens is 1. The molecular formula is C21H26ClN3O4S. The molecule has 2 heterocycles. The first kappa shape index (κ1) is 22.7. The lowest BCUT2D eigenvalue weighted by molar-refractivity contribution is -0.0440. The van der Waals surface area contributed by atoms with Crippen LogP contribution in [0.4, 0.5) is 0 Å². The molecule has 3 rings (SSSR count). The van der Waals surface area contributed by atoms with E-state index in [4.69, 9.17) is 16.3 Å². The highest BCUT2D eigenvalue weighted by atomic mass is 35.5. The molecule has 162 valence electrons. The molecule has 1 aromatic heterocycles. The quantitative estimate of drug-likeness (QED) is 0.715. The first-order valence-electron chi connectivity index (χ1n) is 9.81. The van der Waals surface area contributed by atoms with Gasteiger partial charge in [-0.2, -0.15) is 4.31 Å². The highest BCUT2D eigenvalue weighted by molar-refractivity contribution is 7.89. The van der Waals surface area contributed by atoms with Crippen molar-refractivity contribution in [3.63, 3.8) is 0 Å². The van der Waals surface area contributed by atoms with E-state index in [1.165, 1.54) is 27.1 Å². The first-order valence-corrected chi connectivity index (χ1v) is 11.6. The highest BCUT2D eigenvalue weighted by Gasteiger charge is 2.34. The molecule has 0 amide bonds. The number of morpholine rings is 1. The van der Waals surface area contributed by atoms with Crippen LogP contribution in [0, 0.1) is 0 Å². The van der Waals surface area contributed by atoms with E-state index >= 15 is 0 Å². The van der Waals surface area contributed by atoms with Crippen LogP contribution in [0.25, 0.3) is 0 Å². The maximum absolute atomic E-state index is 13.3. The molecule has 0 N–H and O–H groups in total. The number of pyridine rings is 1. The van der Waals surface area contributed by atoms with E-state index in [2.05, 4.69) is 4.99 Å². The average Bonchev–Trinajstić information content (AvgIpc) is 2.67. The maximum atomic E-state index is 13.3. The molecule has 2 atom stereocenters. The molecule has 1 aliphatic rings. The number of halogens is 1. The number of rotatable bonds is 4. The van der Waals surface area contributed by atoms with Crippen LogP contribution in [0.15, 0.2) is 52.5 Å². The Kier molecular flexibility index (Phi) is 6.81. The lowest BCUT2D eigenvalue weighted by Crippen LogP contribution is -2.48. The van der Waals surface area contributed by atoms with Crippen LogP contribution in [0.3, 0.4) is 0 Å². The van der Waals surface area contributed by atoms with Crippen LogP contribution in [0.2, 0.25) is 5.02 Å². The zero-order chi connectivity index (χ0) is 22.1. The lowest BCUT2D eigenvalue weighted by atomic mass is 10.2. The van der Waals surface area contributed by atoms with Crippen molar-refractivity contribution >= 4 is 27.5 Å². The Morgan fingerprint density at radius 1 is 1.17 bits per heavy atom. The third kappa shape index (κ3) is 4.83. The number of carbonyl (C=O) groups excluding carboxylic acids is 1. The van der Waals surface area contributed by atoms with Crippen LogP contribution in [0.1, 0.15) is 38.1 Å². The van der Waals surface area contributed by atoms with Crippen molar-refractivity contribution in [1.29, 1.82) is 0 Å². The van der Waals surface area contributed by atoms with E-state index in [9.17, 15) is 13.2 Å². The number of nitrogens with zero attached hydrogens (tertiary/aromatic N) is 3. The molecule has 2 unspecified atom stereocenters. The Hall–Kier alpha value is -2.00. The molecule has 7 nitrogen and oxygen atoms in total. The molecule has 1 aromatic carbocycles. The van der Waals surface area contributed by atoms with Crippen molar-refractivity contribution < 1.29 is 17.9 Å². The smallest absolute Gasteiger partial charge is 0.263 e. The lowest BCUT2D eigenvalue weighted by Gasteiger charge is -2.34. The molecule has 0 saturated carbocycles. The number of hydrogen-bond donors (Lipinski definition) is 0. The fraction of sp³-hybridized carbons (Fsp3) is 0.429. The van der Waals surface area contributed by atoms with E-state index in [-0.39, 0.29) is 52.7 Å². The van der Waals surface area contributed by atoms with Crippen molar-refractivity contribution in [2.24, 2.45) is 4.99 Å². The first-order chi connectivity index (χ1) is 14.1. The van der Waals surface area contributed by atoms with Crippen LogP contribution in [-0.2, 0) is 14.8 Å². The van der Waals surface area contributed by atoms with E-state index in [0.717, 1.165) is 0 Å². The van der Waals surface area contributed by atoms with Crippen molar-refractivity contribution in [3.05, 3.63) is 58.7 Å². The molecule has 0 bridgehead atoms.